The lowest BCUT2D eigenvalue weighted by Gasteiger charge is -2.14. The third-order valence-corrected chi connectivity index (χ3v) is 4.45. The molecule has 0 aliphatic carbocycles. The molecule has 1 N–H and O–H groups in total. The van der Waals surface area contributed by atoms with Crippen LogP contribution < -0.4 is 5.32 Å². The van der Waals surface area contributed by atoms with E-state index in [1.54, 1.807) is 35.2 Å². The largest absolute Gasteiger partial charge is 0.464 e. The Morgan fingerprint density at radius 2 is 1.89 bits per heavy atom. The van der Waals surface area contributed by atoms with E-state index < -0.39 is 5.82 Å². The Bertz CT molecular complexity index is 1110. The minimum absolute atomic E-state index is 0.264. The number of carbonyl (C=O) groups is 1. The third kappa shape index (κ3) is 3.22. The van der Waals surface area contributed by atoms with E-state index in [4.69, 9.17) is 4.42 Å². The van der Waals surface area contributed by atoms with Crippen LogP contribution in [0.4, 0.5) is 4.39 Å². The number of furan rings is 1. The molecule has 4 aromatic rings. The van der Waals surface area contributed by atoms with Gasteiger partial charge in [0.05, 0.1) is 12.2 Å². The van der Waals surface area contributed by atoms with Crippen molar-refractivity contribution in [3.8, 4) is 11.5 Å². The second kappa shape index (κ2) is 7.19. The highest BCUT2D eigenvalue weighted by atomic mass is 19.1. The highest BCUT2D eigenvalue weighted by Crippen LogP contribution is 2.23. The van der Waals surface area contributed by atoms with Gasteiger partial charge in [0.25, 0.3) is 5.91 Å². The predicted molar refractivity (Wildman–Crippen MR) is 102 cm³/mol. The Morgan fingerprint density at radius 3 is 2.57 bits per heavy atom. The Kier molecular flexibility index (Phi) is 4.57. The lowest BCUT2D eigenvalue weighted by molar-refractivity contribution is 0.0935. The van der Waals surface area contributed by atoms with E-state index in [-0.39, 0.29) is 17.6 Å². The summed E-state index contributed by atoms with van der Waals surface area (Å²) < 4.78 is 23.1. The quantitative estimate of drug-likeness (QED) is 0.566. The molecule has 0 saturated heterocycles. The van der Waals surface area contributed by atoms with E-state index in [0.717, 1.165) is 5.76 Å². The molecule has 0 aliphatic rings. The minimum Gasteiger partial charge on any atom is -0.464 e. The zero-order valence-electron chi connectivity index (χ0n) is 15.5. The first-order valence-corrected chi connectivity index (χ1v) is 8.88. The summed E-state index contributed by atoms with van der Waals surface area (Å²) in [6.45, 7) is 3.69. The second-order valence-corrected chi connectivity index (χ2v) is 6.48. The lowest BCUT2D eigenvalue weighted by atomic mass is 10.2. The van der Waals surface area contributed by atoms with Crippen molar-refractivity contribution in [2.45, 2.75) is 19.9 Å². The molecule has 7 heteroatoms. The summed E-state index contributed by atoms with van der Waals surface area (Å²) in [7, 11) is 0. The van der Waals surface area contributed by atoms with Gasteiger partial charge in [-0.3, -0.25) is 4.79 Å². The van der Waals surface area contributed by atoms with Gasteiger partial charge in [-0.25, -0.2) is 9.07 Å². The first-order valence-electron chi connectivity index (χ1n) is 8.88. The standard InChI is InChI=1S/C21H19FN4O2/c1-14-9-10-19(28-14)15(2)24-20(27)16-13-23-26(18-8-4-3-7-17(18)22)21(16)25-11-5-6-12-25/h3-13,15H,1-2H3,(H,24,27). The molecule has 0 bridgehead atoms. The number of para-hydroxylation sites is 1. The van der Waals surface area contributed by atoms with Gasteiger partial charge in [0.2, 0.25) is 0 Å². The summed E-state index contributed by atoms with van der Waals surface area (Å²) in [5.74, 6) is 1.14. The van der Waals surface area contributed by atoms with Crippen molar-refractivity contribution in [2.24, 2.45) is 0 Å². The zero-order valence-corrected chi connectivity index (χ0v) is 15.5. The van der Waals surface area contributed by atoms with E-state index in [2.05, 4.69) is 10.4 Å². The number of amides is 1. The van der Waals surface area contributed by atoms with Crippen LogP contribution in [0.15, 0.2) is 71.5 Å². The summed E-state index contributed by atoms with van der Waals surface area (Å²) in [4.78, 5) is 13.0. The smallest absolute Gasteiger partial charge is 0.257 e. The Labute approximate surface area is 161 Å². The molecule has 1 unspecified atom stereocenters. The maximum atomic E-state index is 14.4. The van der Waals surface area contributed by atoms with Crippen molar-refractivity contribution in [3.05, 3.63) is 90.0 Å². The summed E-state index contributed by atoms with van der Waals surface area (Å²) in [6, 6.07) is 13.3. The second-order valence-electron chi connectivity index (χ2n) is 6.48. The Balaban J connectivity index is 1.73. The fraction of sp³-hybridized carbons (Fsp3) is 0.143. The highest BCUT2D eigenvalue weighted by Gasteiger charge is 2.23. The maximum absolute atomic E-state index is 14.4. The summed E-state index contributed by atoms with van der Waals surface area (Å²) in [5, 5.41) is 7.19. The van der Waals surface area contributed by atoms with Crippen LogP contribution >= 0.6 is 0 Å². The van der Waals surface area contributed by atoms with Crippen LogP contribution in [-0.2, 0) is 0 Å². The summed E-state index contributed by atoms with van der Waals surface area (Å²) in [5.41, 5.74) is 0.592. The molecule has 0 spiro atoms. The molecule has 0 radical (unpaired) electrons. The van der Waals surface area contributed by atoms with E-state index >= 15 is 0 Å². The van der Waals surface area contributed by atoms with Gasteiger partial charge in [0.15, 0.2) is 5.82 Å². The normalized spacial score (nSPS) is 12.1. The molecule has 3 aromatic heterocycles. The molecular weight excluding hydrogens is 359 g/mol. The topological polar surface area (TPSA) is 65.0 Å². The number of rotatable bonds is 5. The average molecular weight is 378 g/mol. The van der Waals surface area contributed by atoms with Gasteiger partial charge in [-0.05, 0) is 50.2 Å². The highest BCUT2D eigenvalue weighted by molar-refractivity contribution is 5.97. The molecule has 1 aromatic carbocycles. The molecule has 0 aliphatic heterocycles. The van der Waals surface area contributed by atoms with Gasteiger partial charge in [0.1, 0.15) is 28.6 Å². The maximum Gasteiger partial charge on any atom is 0.257 e. The average Bonchev–Trinajstić information content (AvgIpc) is 3.42. The number of carbonyl (C=O) groups excluding carboxylic acids is 1. The molecule has 0 saturated carbocycles. The van der Waals surface area contributed by atoms with Gasteiger partial charge in [0, 0.05) is 12.4 Å². The third-order valence-electron chi connectivity index (χ3n) is 4.45. The van der Waals surface area contributed by atoms with E-state index in [1.165, 1.54) is 16.9 Å². The molecular formula is C21H19FN4O2. The lowest BCUT2D eigenvalue weighted by Crippen LogP contribution is -2.27. The molecule has 6 nitrogen and oxygen atoms in total. The first kappa shape index (κ1) is 17.8. The molecule has 4 rings (SSSR count). The van der Waals surface area contributed by atoms with Gasteiger partial charge in [-0.1, -0.05) is 12.1 Å². The monoisotopic (exact) mass is 378 g/mol. The van der Waals surface area contributed by atoms with Crippen LogP contribution in [0.2, 0.25) is 0 Å². The Morgan fingerprint density at radius 1 is 1.14 bits per heavy atom. The fourth-order valence-corrected chi connectivity index (χ4v) is 3.06. The van der Waals surface area contributed by atoms with Crippen LogP contribution in [-0.4, -0.2) is 20.3 Å². The van der Waals surface area contributed by atoms with Crippen LogP contribution in [0.5, 0.6) is 0 Å². The van der Waals surface area contributed by atoms with Crippen molar-refractivity contribution in [3.63, 3.8) is 0 Å². The van der Waals surface area contributed by atoms with Gasteiger partial charge in [-0.2, -0.15) is 5.10 Å². The van der Waals surface area contributed by atoms with Crippen LogP contribution in [0.25, 0.3) is 11.5 Å². The molecule has 142 valence electrons. The minimum atomic E-state index is -0.426. The fourth-order valence-electron chi connectivity index (χ4n) is 3.06. The number of aryl methyl sites for hydroxylation is 1. The van der Waals surface area contributed by atoms with Crippen molar-refractivity contribution < 1.29 is 13.6 Å². The van der Waals surface area contributed by atoms with E-state index in [1.807, 2.05) is 38.1 Å². The van der Waals surface area contributed by atoms with Crippen LogP contribution in [0, 0.1) is 12.7 Å². The first-order chi connectivity index (χ1) is 13.5. The predicted octanol–water partition coefficient (Wildman–Crippen LogP) is 4.19. The number of hydrogen-bond donors (Lipinski definition) is 1. The number of aromatic nitrogens is 3. The van der Waals surface area contributed by atoms with Crippen molar-refractivity contribution in [1.29, 1.82) is 0 Å². The van der Waals surface area contributed by atoms with Gasteiger partial charge < -0.3 is 14.3 Å². The van der Waals surface area contributed by atoms with Gasteiger partial charge in [-0.15, -0.1) is 0 Å². The van der Waals surface area contributed by atoms with E-state index in [9.17, 15) is 9.18 Å². The molecule has 1 atom stereocenters. The molecule has 1 amide bonds. The number of benzene rings is 1. The van der Waals surface area contributed by atoms with Crippen molar-refractivity contribution in [1.82, 2.24) is 19.7 Å². The summed E-state index contributed by atoms with van der Waals surface area (Å²) in [6.07, 6.45) is 5.01. The van der Waals surface area contributed by atoms with Crippen LogP contribution in [0.1, 0.15) is 34.8 Å². The molecule has 28 heavy (non-hydrogen) atoms. The summed E-state index contributed by atoms with van der Waals surface area (Å²) >= 11 is 0. The zero-order chi connectivity index (χ0) is 19.7. The number of hydrogen-bond acceptors (Lipinski definition) is 3. The van der Waals surface area contributed by atoms with Gasteiger partial charge >= 0.3 is 0 Å². The number of nitrogens with one attached hydrogen (secondary N) is 1. The van der Waals surface area contributed by atoms with E-state index in [0.29, 0.717) is 17.1 Å². The van der Waals surface area contributed by atoms with Crippen molar-refractivity contribution in [2.75, 3.05) is 0 Å². The van der Waals surface area contributed by atoms with Crippen molar-refractivity contribution >= 4 is 5.91 Å². The number of nitrogens with zero attached hydrogens (tertiary/aromatic N) is 3. The SMILES string of the molecule is Cc1ccc(C(C)NC(=O)c2cnn(-c3ccccc3F)c2-n2cccc2)o1. The van der Waals surface area contributed by atoms with Crippen LogP contribution in [0.3, 0.4) is 0 Å². The Hall–Kier alpha value is -3.61. The molecule has 0 fully saturated rings. The molecule has 3 heterocycles. The number of halogens is 1.